The van der Waals surface area contributed by atoms with Gasteiger partial charge in [-0.1, -0.05) is 0 Å². The molecule has 0 spiro atoms. The second-order valence-corrected chi connectivity index (χ2v) is 4.68. The van der Waals surface area contributed by atoms with Crippen molar-refractivity contribution in [2.75, 3.05) is 31.4 Å². The van der Waals surface area contributed by atoms with Crippen molar-refractivity contribution in [1.82, 2.24) is 4.90 Å². The summed E-state index contributed by atoms with van der Waals surface area (Å²) in [5, 5.41) is 1.01. The highest BCUT2D eigenvalue weighted by Crippen LogP contribution is 2.22. The third-order valence-electron chi connectivity index (χ3n) is 3.13. The number of hydrogen-bond donors (Lipinski definition) is 1. The summed E-state index contributed by atoms with van der Waals surface area (Å²) in [7, 11) is 4.03. The molecule has 0 saturated heterocycles. The highest BCUT2D eigenvalue weighted by atomic mass is 16.3. The quantitative estimate of drug-likeness (QED) is 0.799. The molecule has 2 heterocycles. The highest BCUT2D eigenvalue weighted by molar-refractivity contribution is 5.68. The molecule has 19 heavy (non-hydrogen) atoms. The van der Waals surface area contributed by atoms with E-state index in [0.717, 1.165) is 22.4 Å². The van der Waals surface area contributed by atoms with Crippen LogP contribution in [0.25, 0.3) is 5.82 Å². The van der Waals surface area contributed by atoms with Crippen LogP contribution in [-0.2, 0) is 0 Å². The van der Waals surface area contributed by atoms with E-state index in [2.05, 4.69) is 14.8 Å². The molecule has 0 unspecified atom stereocenters. The Hall–Kier alpha value is -2.43. The molecule has 2 N–H and O–H groups in total. The van der Waals surface area contributed by atoms with Crippen molar-refractivity contribution in [2.45, 2.75) is 0 Å². The fourth-order valence-corrected chi connectivity index (χ4v) is 2.28. The Labute approximate surface area is 111 Å². The van der Waals surface area contributed by atoms with Crippen LogP contribution in [-0.4, -0.2) is 25.7 Å². The lowest BCUT2D eigenvalue weighted by Crippen LogP contribution is -2.43. The van der Waals surface area contributed by atoms with Crippen molar-refractivity contribution in [3.05, 3.63) is 47.4 Å². The van der Waals surface area contributed by atoms with Gasteiger partial charge in [0, 0.05) is 25.5 Å². The molecule has 1 aliphatic rings. The molecule has 0 saturated carbocycles. The number of furan rings is 1. The third kappa shape index (κ3) is 1.93. The van der Waals surface area contributed by atoms with Crippen LogP contribution in [0.15, 0.2) is 46.0 Å². The first kappa shape index (κ1) is 11.6. The van der Waals surface area contributed by atoms with E-state index in [0.29, 0.717) is 12.2 Å². The largest absolute Gasteiger partial charge is 0.446 e. The standard InChI is InChI=1S/C14H16N4O/c1-17(2)14-12-7-8-19-13(12)16-9-18(14)11-5-3-10(15)4-6-11/h3-8H,9,15H2,1-2H3. The lowest BCUT2D eigenvalue weighted by atomic mass is 10.2. The Morgan fingerprint density at radius 3 is 2.63 bits per heavy atom. The minimum Gasteiger partial charge on any atom is -0.446 e. The summed E-state index contributed by atoms with van der Waals surface area (Å²) in [4.78, 5) is 8.65. The maximum absolute atomic E-state index is 5.74. The van der Waals surface area contributed by atoms with E-state index in [4.69, 9.17) is 10.2 Å². The molecular formula is C14H16N4O. The molecule has 3 rings (SSSR count). The molecule has 1 aliphatic heterocycles. The Kier molecular flexibility index (Phi) is 2.67. The number of nitrogens with zero attached hydrogens (tertiary/aromatic N) is 3. The summed E-state index contributed by atoms with van der Waals surface area (Å²) in [6.07, 6.45) is 1.67. The van der Waals surface area contributed by atoms with E-state index in [-0.39, 0.29) is 0 Å². The topological polar surface area (TPSA) is 58.0 Å². The van der Waals surface area contributed by atoms with E-state index in [1.807, 2.05) is 44.4 Å². The average Bonchev–Trinajstić information content (AvgIpc) is 2.86. The Bertz CT molecular complexity index is 700. The SMILES string of the molecule is CN(C)C1=c2ccoc2=NCN1c1ccc(N)cc1. The van der Waals surface area contributed by atoms with Crippen molar-refractivity contribution in [2.24, 2.45) is 4.99 Å². The summed E-state index contributed by atoms with van der Waals surface area (Å²) in [6, 6.07) is 9.73. The zero-order chi connectivity index (χ0) is 13.4. The van der Waals surface area contributed by atoms with Crippen molar-refractivity contribution >= 4 is 17.2 Å². The summed E-state index contributed by atoms with van der Waals surface area (Å²) in [5.41, 5.74) is 8.25. The van der Waals surface area contributed by atoms with Crippen LogP contribution in [0.5, 0.6) is 0 Å². The highest BCUT2D eigenvalue weighted by Gasteiger charge is 2.19. The molecule has 0 radical (unpaired) electrons. The van der Waals surface area contributed by atoms with Gasteiger partial charge in [0.1, 0.15) is 12.5 Å². The molecule has 0 aliphatic carbocycles. The molecule has 2 aromatic rings. The summed E-state index contributed by atoms with van der Waals surface area (Å²) in [5.74, 6) is 1.07. The molecule has 5 nitrogen and oxygen atoms in total. The number of benzene rings is 1. The minimum atomic E-state index is 0.540. The van der Waals surface area contributed by atoms with E-state index < -0.39 is 0 Å². The lowest BCUT2D eigenvalue weighted by Gasteiger charge is -2.31. The summed E-state index contributed by atoms with van der Waals surface area (Å²) >= 11 is 0. The molecule has 0 amide bonds. The second-order valence-electron chi connectivity index (χ2n) is 4.68. The average molecular weight is 256 g/mol. The van der Waals surface area contributed by atoms with Crippen LogP contribution in [0.4, 0.5) is 11.4 Å². The van der Waals surface area contributed by atoms with E-state index >= 15 is 0 Å². The Morgan fingerprint density at radius 2 is 1.95 bits per heavy atom. The van der Waals surface area contributed by atoms with Crippen molar-refractivity contribution in [3.63, 3.8) is 0 Å². The van der Waals surface area contributed by atoms with Crippen LogP contribution < -0.4 is 21.4 Å². The van der Waals surface area contributed by atoms with Gasteiger partial charge >= 0.3 is 0 Å². The van der Waals surface area contributed by atoms with Crippen molar-refractivity contribution in [1.29, 1.82) is 0 Å². The van der Waals surface area contributed by atoms with Gasteiger partial charge in [-0.15, -0.1) is 0 Å². The monoisotopic (exact) mass is 256 g/mol. The number of fused-ring (bicyclic) bond motifs is 1. The number of rotatable bonds is 2. The van der Waals surface area contributed by atoms with Gasteiger partial charge in [0.2, 0.25) is 5.55 Å². The van der Waals surface area contributed by atoms with E-state index in [1.165, 1.54) is 0 Å². The predicted molar refractivity (Wildman–Crippen MR) is 74.8 cm³/mol. The molecule has 1 aromatic carbocycles. The smallest absolute Gasteiger partial charge is 0.226 e. The molecule has 98 valence electrons. The van der Waals surface area contributed by atoms with Gasteiger partial charge in [-0.05, 0) is 30.3 Å². The second kappa shape index (κ2) is 4.35. The number of hydrogen-bond acceptors (Lipinski definition) is 5. The van der Waals surface area contributed by atoms with Crippen LogP contribution in [0, 0.1) is 0 Å². The molecule has 1 aromatic heterocycles. The normalized spacial score (nSPS) is 14.0. The van der Waals surface area contributed by atoms with Crippen LogP contribution in [0.3, 0.4) is 0 Å². The van der Waals surface area contributed by atoms with E-state index in [9.17, 15) is 0 Å². The van der Waals surface area contributed by atoms with Gasteiger partial charge in [-0.25, -0.2) is 4.99 Å². The van der Waals surface area contributed by atoms with Crippen molar-refractivity contribution < 1.29 is 4.42 Å². The number of anilines is 2. The fraction of sp³-hybridized carbons (Fsp3) is 0.214. The molecule has 5 heteroatoms. The zero-order valence-corrected chi connectivity index (χ0v) is 11.0. The fourth-order valence-electron chi connectivity index (χ4n) is 2.28. The predicted octanol–water partition coefficient (Wildman–Crippen LogP) is 0.586. The van der Waals surface area contributed by atoms with Crippen LogP contribution in [0.2, 0.25) is 0 Å². The maximum atomic E-state index is 5.74. The zero-order valence-electron chi connectivity index (χ0n) is 11.0. The van der Waals surface area contributed by atoms with Gasteiger partial charge < -0.3 is 20.0 Å². The molecule has 0 atom stereocenters. The molecule has 0 fully saturated rings. The number of nitrogens with two attached hydrogens (primary N) is 1. The lowest BCUT2D eigenvalue weighted by molar-refractivity contribution is 0.488. The van der Waals surface area contributed by atoms with E-state index in [1.54, 1.807) is 6.26 Å². The summed E-state index contributed by atoms with van der Waals surface area (Å²) in [6.45, 7) is 0.540. The summed E-state index contributed by atoms with van der Waals surface area (Å²) < 4.78 is 5.38. The Morgan fingerprint density at radius 1 is 1.21 bits per heavy atom. The van der Waals surface area contributed by atoms with Gasteiger partial charge in [0.05, 0.1) is 11.5 Å². The molecule has 0 bridgehead atoms. The van der Waals surface area contributed by atoms with Gasteiger partial charge in [-0.2, -0.15) is 0 Å². The Balaban J connectivity index is 2.16. The maximum Gasteiger partial charge on any atom is 0.226 e. The van der Waals surface area contributed by atoms with Crippen LogP contribution in [0.1, 0.15) is 0 Å². The van der Waals surface area contributed by atoms with Gasteiger partial charge in [-0.3, -0.25) is 0 Å². The van der Waals surface area contributed by atoms with Crippen LogP contribution >= 0.6 is 0 Å². The first-order chi connectivity index (χ1) is 9.16. The minimum absolute atomic E-state index is 0.540. The van der Waals surface area contributed by atoms with Gasteiger partial charge in [0.15, 0.2) is 0 Å². The number of nitrogen functional groups attached to an aromatic ring is 1. The molecular weight excluding hydrogens is 240 g/mol. The third-order valence-corrected chi connectivity index (χ3v) is 3.13. The first-order valence-electron chi connectivity index (χ1n) is 6.09. The first-order valence-corrected chi connectivity index (χ1v) is 6.09. The van der Waals surface area contributed by atoms with Gasteiger partial charge in [0.25, 0.3) is 0 Å². The van der Waals surface area contributed by atoms with Crippen molar-refractivity contribution in [3.8, 4) is 0 Å².